The van der Waals surface area contributed by atoms with Gasteiger partial charge in [0.15, 0.2) is 0 Å². The molecule has 1 atom stereocenters. The fraction of sp³-hybridized carbons (Fsp3) is 0.200. The molecule has 2 N–H and O–H groups in total. The van der Waals surface area contributed by atoms with Gasteiger partial charge in [-0.05, 0) is 18.2 Å². The molecule has 1 unspecified atom stereocenters. The van der Waals surface area contributed by atoms with E-state index in [1.54, 1.807) is 12.1 Å². The van der Waals surface area contributed by atoms with Crippen LogP contribution in [-0.4, -0.2) is 0 Å². The SMILES string of the molecule is C#CCC(N)c1cc(Br)ccc1F. The number of hydrogen-bond donors (Lipinski definition) is 1. The third kappa shape index (κ3) is 2.55. The van der Waals surface area contributed by atoms with Gasteiger partial charge in [-0.1, -0.05) is 15.9 Å². The smallest absolute Gasteiger partial charge is 0.128 e. The third-order valence-electron chi connectivity index (χ3n) is 1.70. The zero-order valence-electron chi connectivity index (χ0n) is 6.93. The Bertz CT molecular complexity index is 343. The first-order valence-electron chi connectivity index (χ1n) is 3.79. The van der Waals surface area contributed by atoms with Crippen molar-refractivity contribution in [2.24, 2.45) is 5.73 Å². The van der Waals surface area contributed by atoms with Crippen molar-refractivity contribution in [3.05, 3.63) is 34.1 Å². The van der Waals surface area contributed by atoms with Crippen molar-refractivity contribution >= 4 is 15.9 Å². The molecule has 0 saturated heterocycles. The molecular weight excluding hydrogens is 233 g/mol. The van der Waals surface area contributed by atoms with Crippen LogP contribution in [0.25, 0.3) is 0 Å². The standard InChI is InChI=1S/C10H9BrFN/c1-2-3-10(13)8-6-7(11)4-5-9(8)12/h1,4-6,10H,3,13H2. The van der Waals surface area contributed by atoms with E-state index in [9.17, 15) is 4.39 Å². The van der Waals surface area contributed by atoms with Crippen LogP contribution < -0.4 is 5.73 Å². The van der Waals surface area contributed by atoms with Gasteiger partial charge in [-0.15, -0.1) is 12.3 Å². The number of terminal acetylenes is 1. The summed E-state index contributed by atoms with van der Waals surface area (Å²) in [5.41, 5.74) is 6.12. The number of benzene rings is 1. The maximum atomic E-state index is 13.2. The van der Waals surface area contributed by atoms with E-state index in [0.717, 1.165) is 4.47 Å². The Balaban J connectivity index is 3.00. The Morgan fingerprint density at radius 1 is 1.62 bits per heavy atom. The van der Waals surface area contributed by atoms with E-state index in [0.29, 0.717) is 12.0 Å². The average Bonchev–Trinajstić information content (AvgIpc) is 2.09. The second kappa shape index (κ2) is 4.40. The molecule has 0 bridgehead atoms. The summed E-state index contributed by atoms with van der Waals surface area (Å²) >= 11 is 3.24. The Hall–Kier alpha value is -0.850. The highest BCUT2D eigenvalue weighted by molar-refractivity contribution is 9.10. The lowest BCUT2D eigenvalue weighted by Gasteiger charge is -2.09. The van der Waals surface area contributed by atoms with Crippen LogP contribution in [0.3, 0.4) is 0 Å². The Kier molecular flexibility index (Phi) is 3.47. The van der Waals surface area contributed by atoms with Crippen molar-refractivity contribution in [1.82, 2.24) is 0 Å². The fourth-order valence-electron chi connectivity index (χ4n) is 1.04. The second-order valence-corrected chi connectivity index (χ2v) is 3.60. The van der Waals surface area contributed by atoms with Crippen LogP contribution in [0.2, 0.25) is 0 Å². The normalized spacial score (nSPS) is 12.2. The summed E-state index contributed by atoms with van der Waals surface area (Å²) in [6.45, 7) is 0. The summed E-state index contributed by atoms with van der Waals surface area (Å²) in [4.78, 5) is 0. The first-order chi connectivity index (χ1) is 6.15. The maximum Gasteiger partial charge on any atom is 0.128 e. The molecule has 1 aromatic rings. The van der Waals surface area contributed by atoms with E-state index in [4.69, 9.17) is 12.2 Å². The highest BCUT2D eigenvalue weighted by Gasteiger charge is 2.10. The van der Waals surface area contributed by atoms with Gasteiger partial charge in [0.1, 0.15) is 5.82 Å². The molecule has 0 heterocycles. The summed E-state index contributed by atoms with van der Waals surface area (Å²) in [7, 11) is 0. The lowest BCUT2D eigenvalue weighted by molar-refractivity contribution is 0.585. The first-order valence-corrected chi connectivity index (χ1v) is 4.58. The van der Waals surface area contributed by atoms with Gasteiger partial charge in [0.05, 0.1) is 0 Å². The summed E-state index contributed by atoms with van der Waals surface area (Å²) < 4.78 is 14.0. The molecule has 0 radical (unpaired) electrons. The van der Waals surface area contributed by atoms with Crippen LogP contribution in [0.15, 0.2) is 22.7 Å². The second-order valence-electron chi connectivity index (χ2n) is 2.68. The van der Waals surface area contributed by atoms with E-state index >= 15 is 0 Å². The molecule has 0 aromatic heterocycles. The molecule has 1 aromatic carbocycles. The zero-order valence-corrected chi connectivity index (χ0v) is 8.51. The van der Waals surface area contributed by atoms with Crippen molar-refractivity contribution in [2.75, 3.05) is 0 Å². The average molecular weight is 242 g/mol. The minimum absolute atomic E-state index is 0.314. The zero-order chi connectivity index (χ0) is 9.84. The first kappa shape index (κ1) is 10.2. The maximum absolute atomic E-state index is 13.2. The summed E-state index contributed by atoms with van der Waals surface area (Å²) in [6, 6.07) is 4.22. The molecule has 1 nitrogen and oxygen atoms in total. The molecule has 0 fully saturated rings. The molecule has 3 heteroatoms. The van der Waals surface area contributed by atoms with Crippen molar-refractivity contribution < 1.29 is 4.39 Å². The minimum Gasteiger partial charge on any atom is -0.323 e. The Labute approximate surface area is 85.3 Å². The monoisotopic (exact) mass is 241 g/mol. The van der Waals surface area contributed by atoms with Gasteiger partial charge in [0.2, 0.25) is 0 Å². The van der Waals surface area contributed by atoms with Gasteiger partial charge in [-0.2, -0.15) is 0 Å². The van der Waals surface area contributed by atoms with Crippen LogP contribution in [0.4, 0.5) is 4.39 Å². The molecule has 0 aliphatic heterocycles. The molecule has 1 rings (SSSR count). The minimum atomic E-state index is -0.428. The van der Waals surface area contributed by atoms with Crippen LogP contribution in [-0.2, 0) is 0 Å². The molecule has 0 saturated carbocycles. The quantitative estimate of drug-likeness (QED) is 0.792. The summed E-state index contributed by atoms with van der Waals surface area (Å²) in [5.74, 6) is 2.09. The van der Waals surface area contributed by atoms with E-state index < -0.39 is 6.04 Å². The van der Waals surface area contributed by atoms with Gasteiger partial charge in [-0.25, -0.2) is 4.39 Å². The van der Waals surface area contributed by atoms with Gasteiger partial charge >= 0.3 is 0 Å². The highest BCUT2D eigenvalue weighted by atomic mass is 79.9. The Morgan fingerprint density at radius 2 is 2.31 bits per heavy atom. The fourth-order valence-corrected chi connectivity index (χ4v) is 1.41. The van der Waals surface area contributed by atoms with E-state index in [-0.39, 0.29) is 5.82 Å². The van der Waals surface area contributed by atoms with E-state index in [1.807, 2.05) is 0 Å². The molecular formula is C10H9BrFN. The van der Waals surface area contributed by atoms with Crippen LogP contribution >= 0.6 is 15.9 Å². The number of halogens is 2. The number of hydrogen-bond acceptors (Lipinski definition) is 1. The highest BCUT2D eigenvalue weighted by Crippen LogP contribution is 2.21. The molecule has 0 aliphatic rings. The molecule has 0 aliphatic carbocycles. The topological polar surface area (TPSA) is 26.0 Å². The van der Waals surface area contributed by atoms with Crippen molar-refractivity contribution in [2.45, 2.75) is 12.5 Å². The summed E-state index contributed by atoms with van der Waals surface area (Å²) in [5, 5.41) is 0. The number of nitrogens with two attached hydrogens (primary N) is 1. The van der Waals surface area contributed by atoms with Gasteiger partial charge in [0.25, 0.3) is 0 Å². The van der Waals surface area contributed by atoms with Crippen LogP contribution in [0.5, 0.6) is 0 Å². The molecule has 68 valence electrons. The molecule has 13 heavy (non-hydrogen) atoms. The van der Waals surface area contributed by atoms with Crippen molar-refractivity contribution in [3.63, 3.8) is 0 Å². The third-order valence-corrected chi connectivity index (χ3v) is 2.19. The molecule has 0 amide bonds. The van der Waals surface area contributed by atoms with Crippen LogP contribution in [0.1, 0.15) is 18.0 Å². The van der Waals surface area contributed by atoms with E-state index in [1.165, 1.54) is 6.07 Å². The number of rotatable bonds is 2. The van der Waals surface area contributed by atoms with Gasteiger partial charge in [0, 0.05) is 22.5 Å². The Morgan fingerprint density at radius 3 is 2.92 bits per heavy atom. The lowest BCUT2D eigenvalue weighted by atomic mass is 10.0. The van der Waals surface area contributed by atoms with Crippen LogP contribution in [0, 0.1) is 18.2 Å². The largest absolute Gasteiger partial charge is 0.323 e. The summed E-state index contributed by atoms with van der Waals surface area (Å²) in [6.07, 6.45) is 5.43. The van der Waals surface area contributed by atoms with Crippen molar-refractivity contribution in [3.8, 4) is 12.3 Å². The van der Waals surface area contributed by atoms with Gasteiger partial charge in [-0.3, -0.25) is 0 Å². The van der Waals surface area contributed by atoms with Gasteiger partial charge < -0.3 is 5.73 Å². The predicted molar refractivity (Wildman–Crippen MR) is 54.5 cm³/mol. The van der Waals surface area contributed by atoms with E-state index in [2.05, 4.69) is 21.9 Å². The predicted octanol–water partition coefficient (Wildman–Crippen LogP) is 2.61. The molecule has 0 spiro atoms. The van der Waals surface area contributed by atoms with Crippen molar-refractivity contribution in [1.29, 1.82) is 0 Å². The lowest BCUT2D eigenvalue weighted by Crippen LogP contribution is -2.11.